The molecular formula is C23H25N3O4. The van der Waals surface area contributed by atoms with E-state index in [1.54, 1.807) is 7.11 Å². The zero-order valence-corrected chi connectivity index (χ0v) is 17.4. The van der Waals surface area contributed by atoms with Crippen LogP contribution in [0.4, 0.5) is 0 Å². The number of carbonyl (C=O) groups is 1. The van der Waals surface area contributed by atoms with Gasteiger partial charge in [0.05, 0.1) is 24.7 Å². The number of aromatic nitrogens is 2. The third-order valence-corrected chi connectivity index (χ3v) is 5.02. The van der Waals surface area contributed by atoms with Crippen LogP contribution in [0.25, 0.3) is 11.4 Å². The van der Waals surface area contributed by atoms with Crippen molar-refractivity contribution in [2.45, 2.75) is 38.8 Å². The maximum absolute atomic E-state index is 12.5. The van der Waals surface area contributed by atoms with Crippen molar-refractivity contribution < 1.29 is 18.8 Å². The molecule has 2 aromatic carbocycles. The molecule has 4 rings (SSSR count). The number of amides is 1. The summed E-state index contributed by atoms with van der Waals surface area (Å²) < 4.78 is 16.5. The first-order valence-electron chi connectivity index (χ1n) is 10.0. The molecule has 0 aliphatic carbocycles. The third kappa shape index (κ3) is 4.30. The normalized spacial score (nSPS) is 16.3. The molecule has 0 saturated carbocycles. The van der Waals surface area contributed by atoms with E-state index in [9.17, 15) is 4.79 Å². The van der Waals surface area contributed by atoms with E-state index in [1.165, 1.54) is 0 Å². The number of rotatable bonds is 7. The number of likely N-dealkylation sites (tertiary alicyclic amines) is 1. The van der Waals surface area contributed by atoms with Crippen LogP contribution in [0.3, 0.4) is 0 Å². The van der Waals surface area contributed by atoms with E-state index in [4.69, 9.17) is 14.0 Å². The van der Waals surface area contributed by atoms with Crippen molar-refractivity contribution in [2.24, 2.45) is 0 Å². The highest BCUT2D eigenvalue weighted by molar-refractivity contribution is 5.79. The van der Waals surface area contributed by atoms with Gasteiger partial charge in [0, 0.05) is 19.5 Å². The SMILES string of the molecule is COc1ccccc1-c1noc(C2CC(=O)N(Cc3ccc(OC(C)C)cc3)C2)n1. The van der Waals surface area contributed by atoms with Crippen LogP contribution in [0.15, 0.2) is 53.1 Å². The molecule has 2 heterocycles. The Bertz CT molecular complexity index is 1010. The molecule has 0 N–H and O–H groups in total. The zero-order valence-electron chi connectivity index (χ0n) is 17.4. The Morgan fingerprint density at radius 1 is 1.17 bits per heavy atom. The lowest BCUT2D eigenvalue weighted by molar-refractivity contribution is -0.128. The Morgan fingerprint density at radius 2 is 1.93 bits per heavy atom. The second kappa shape index (κ2) is 8.57. The van der Waals surface area contributed by atoms with Crippen molar-refractivity contribution in [2.75, 3.05) is 13.7 Å². The van der Waals surface area contributed by atoms with Gasteiger partial charge in [-0.2, -0.15) is 4.98 Å². The van der Waals surface area contributed by atoms with Crippen LogP contribution in [0.1, 0.15) is 37.6 Å². The van der Waals surface area contributed by atoms with Crippen molar-refractivity contribution in [1.29, 1.82) is 0 Å². The molecular weight excluding hydrogens is 382 g/mol. The number of ether oxygens (including phenoxy) is 2. The van der Waals surface area contributed by atoms with Crippen LogP contribution in [0, 0.1) is 0 Å². The first-order valence-corrected chi connectivity index (χ1v) is 10.0. The summed E-state index contributed by atoms with van der Waals surface area (Å²) in [4.78, 5) is 18.9. The molecule has 7 heteroatoms. The summed E-state index contributed by atoms with van der Waals surface area (Å²) in [6.45, 7) is 5.09. The van der Waals surface area contributed by atoms with E-state index in [0.29, 0.717) is 37.0 Å². The summed E-state index contributed by atoms with van der Waals surface area (Å²) >= 11 is 0. The fraction of sp³-hybridized carbons (Fsp3) is 0.348. The first kappa shape index (κ1) is 19.9. The van der Waals surface area contributed by atoms with Gasteiger partial charge in [-0.05, 0) is 43.7 Å². The minimum atomic E-state index is -0.114. The molecule has 156 valence electrons. The number of methoxy groups -OCH3 is 1. The van der Waals surface area contributed by atoms with Crippen molar-refractivity contribution >= 4 is 5.91 Å². The van der Waals surface area contributed by atoms with Crippen LogP contribution in [-0.4, -0.2) is 40.7 Å². The molecule has 1 atom stereocenters. The zero-order chi connectivity index (χ0) is 21.1. The van der Waals surface area contributed by atoms with Gasteiger partial charge in [0.1, 0.15) is 11.5 Å². The number of hydrogen-bond acceptors (Lipinski definition) is 6. The minimum absolute atomic E-state index is 0.0829. The molecule has 1 aromatic heterocycles. The lowest BCUT2D eigenvalue weighted by atomic mass is 10.1. The molecule has 1 aliphatic rings. The van der Waals surface area contributed by atoms with Gasteiger partial charge in [-0.1, -0.05) is 29.4 Å². The van der Waals surface area contributed by atoms with Crippen LogP contribution in [-0.2, 0) is 11.3 Å². The fourth-order valence-corrected chi connectivity index (χ4v) is 3.60. The summed E-state index contributed by atoms with van der Waals surface area (Å²) in [6, 6.07) is 15.4. The van der Waals surface area contributed by atoms with E-state index in [-0.39, 0.29) is 17.9 Å². The maximum atomic E-state index is 12.5. The molecule has 0 radical (unpaired) electrons. The molecule has 1 unspecified atom stereocenters. The molecule has 1 saturated heterocycles. The standard InChI is InChI=1S/C23H25N3O4/c1-15(2)29-18-10-8-16(9-11-18)13-26-14-17(12-21(26)27)23-24-22(25-30-23)19-6-4-5-7-20(19)28-3/h4-11,15,17H,12-14H2,1-3H3. The Balaban J connectivity index is 1.43. The van der Waals surface area contributed by atoms with E-state index in [1.807, 2.05) is 67.3 Å². The highest BCUT2D eigenvalue weighted by Gasteiger charge is 2.34. The molecule has 1 aliphatic heterocycles. The Kier molecular flexibility index (Phi) is 5.70. The Hall–Kier alpha value is -3.35. The summed E-state index contributed by atoms with van der Waals surface area (Å²) in [5.41, 5.74) is 1.82. The first-order chi connectivity index (χ1) is 14.5. The summed E-state index contributed by atoms with van der Waals surface area (Å²) in [6.07, 6.45) is 0.495. The van der Waals surface area contributed by atoms with Gasteiger partial charge in [-0.25, -0.2) is 0 Å². The van der Waals surface area contributed by atoms with Gasteiger partial charge in [0.2, 0.25) is 17.6 Å². The van der Waals surface area contributed by atoms with Gasteiger partial charge in [-0.15, -0.1) is 0 Å². The fourth-order valence-electron chi connectivity index (χ4n) is 3.60. The third-order valence-electron chi connectivity index (χ3n) is 5.02. The number of hydrogen-bond donors (Lipinski definition) is 0. The van der Waals surface area contributed by atoms with E-state index in [2.05, 4.69) is 10.1 Å². The Morgan fingerprint density at radius 3 is 2.67 bits per heavy atom. The number of carbonyl (C=O) groups excluding carboxylic acids is 1. The molecule has 7 nitrogen and oxygen atoms in total. The molecule has 0 spiro atoms. The highest BCUT2D eigenvalue weighted by Crippen LogP contribution is 2.32. The summed E-state index contributed by atoms with van der Waals surface area (Å²) in [5.74, 6) is 2.42. The van der Waals surface area contributed by atoms with E-state index >= 15 is 0 Å². The average Bonchev–Trinajstić information content (AvgIpc) is 3.36. The van der Waals surface area contributed by atoms with Gasteiger partial charge in [-0.3, -0.25) is 4.79 Å². The Labute approximate surface area is 175 Å². The van der Waals surface area contributed by atoms with Gasteiger partial charge in [0.15, 0.2) is 0 Å². The van der Waals surface area contributed by atoms with Gasteiger partial charge < -0.3 is 18.9 Å². The predicted molar refractivity (Wildman–Crippen MR) is 111 cm³/mol. The van der Waals surface area contributed by atoms with Crippen molar-refractivity contribution in [1.82, 2.24) is 15.0 Å². The molecule has 30 heavy (non-hydrogen) atoms. The predicted octanol–water partition coefficient (Wildman–Crippen LogP) is 4.05. The molecule has 0 bridgehead atoms. The minimum Gasteiger partial charge on any atom is -0.496 e. The largest absolute Gasteiger partial charge is 0.496 e. The number of para-hydroxylation sites is 1. The quantitative estimate of drug-likeness (QED) is 0.588. The number of benzene rings is 2. The second-order valence-corrected chi connectivity index (χ2v) is 7.64. The molecule has 1 fully saturated rings. The van der Waals surface area contributed by atoms with Crippen LogP contribution in [0.5, 0.6) is 11.5 Å². The van der Waals surface area contributed by atoms with Crippen LogP contribution < -0.4 is 9.47 Å². The van der Waals surface area contributed by atoms with Gasteiger partial charge >= 0.3 is 0 Å². The monoisotopic (exact) mass is 407 g/mol. The lowest BCUT2D eigenvalue weighted by Gasteiger charge is -2.16. The number of nitrogens with zero attached hydrogens (tertiary/aromatic N) is 3. The summed E-state index contributed by atoms with van der Waals surface area (Å²) in [5, 5.41) is 4.10. The molecule has 1 amide bonds. The van der Waals surface area contributed by atoms with Crippen LogP contribution in [0.2, 0.25) is 0 Å². The summed E-state index contributed by atoms with van der Waals surface area (Å²) in [7, 11) is 1.61. The maximum Gasteiger partial charge on any atom is 0.232 e. The van der Waals surface area contributed by atoms with E-state index < -0.39 is 0 Å². The molecule has 3 aromatic rings. The topological polar surface area (TPSA) is 77.7 Å². The van der Waals surface area contributed by atoms with Crippen LogP contribution >= 0.6 is 0 Å². The smallest absolute Gasteiger partial charge is 0.232 e. The second-order valence-electron chi connectivity index (χ2n) is 7.64. The average molecular weight is 407 g/mol. The van der Waals surface area contributed by atoms with Crippen molar-refractivity contribution in [3.8, 4) is 22.9 Å². The highest BCUT2D eigenvalue weighted by atomic mass is 16.5. The lowest BCUT2D eigenvalue weighted by Crippen LogP contribution is -2.24. The van der Waals surface area contributed by atoms with Crippen molar-refractivity contribution in [3.63, 3.8) is 0 Å². The van der Waals surface area contributed by atoms with Gasteiger partial charge in [0.25, 0.3) is 0 Å². The van der Waals surface area contributed by atoms with Crippen molar-refractivity contribution in [3.05, 3.63) is 60.0 Å². The van der Waals surface area contributed by atoms with E-state index in [0.717, 1.165) is 16.9 Å².